The molecule has 1 aliphatic heterocycles. The van der Waals surface area contributed by atoms with Crippen molar-refractivity contribution in [2.24, 2.45) is 5.73 Å². The van der Waals surface area contributed by atoms with Gasteiger partial charge in [0.05, 0.1) is 5.92 Å². The van der Waals surface area contributed by atoms with Crippen molar-refractivity contribution in [1.82, 2.24) is 10.2 Å². The van der Waals surface area contributed by atoms with E-state index >= 15 is 0 Å². The molecule has 1 fully saturated rings. The second kappa shape index (κ2) is 11.4. The molecule has 2 atom stereocenters. The van der Waals surface area contributed by atoms with Crippen molar-refractivity contribution in [2.75, 3.05) is 19.6 Å². The van der Waals surface area contributed by atoms with Gasteiger partial charge in [0.25, 0.3) is 0 Å². The fourth-order valence-electron chi connectivity index (χ4n) is 5.52. The van der Waals surface area contributed by atoms with Gasteiger partial charge in [-0.2, -0.15) is 0 Å². The van der Waals surface area contributed by atoms with Crippen LogP contribution in [0.1, 0.15) is 38.5 Å². The van der Waals surface area contributed by atoms with Crippen LogP contribution in [0.2, 0.25) is 5.02 Å². The van der Waals surface area contributed by atoms with E-state index in [1.54, 1.807) is 6.07 Å². The van der Waals surface area contributed by atoms with E-state index < -0.39 is 11.8 Å². The van der Waals surface area contributed by atoms with Gasteiger partial charge in [0, 0.05) is 36.3 Å². The molecule has 2 amide bonds. The van der Waals surface area contributed by atoms with Crippen LogP contribution in [0.15, 0.2) is 84.9 Å². The topological polar surface area (TPSA) is 75.4 Å². The van der Waals surface area contributed by atoms with Crippen LogP contribution in [0.5, 0.6) is 0 Å². The minimum atomic E-state index is -0.486. The standard InChI is InChI=1S/C32H32ClN3O2/c1-21-28(7-4-8-29(21)31(34)37)30(19-22-10-13-26(33)14-11-22)32(38)36-16-15-35-27(20-36)18-23-9-12-24-5-2-3-6-25(24)17-23/h2-14,17,27,30,35H,15-16,18-20H2,1H3,(H2,34,37)/t27-,30-/m1/s1. The molecule has 38 heavy (non-hydrogen) atoms. The Hall–Kier alpha value is -3.67. The molecular weight excluding hydrogens is 494 g/mol. The van der Waals surface area contributed by atoms with Gasteiger partial charge < -0.3 is 16.0 Å². The minimum absolute atomic E-state index is 0.0645. The Morgan fingerprint density at radius 3 is 2.47 bits per heavy atom. The first-order valence-corrected chi connectivity index (χ1v) is 13.4. The Kier molecular flexibility index (Phi) is 7.77. The molecule has 5 nitrogen and oxygen atoms in total. The summed E-state index contributed by atoms with van der Waals surface area (Å²) in [7, 11) is 0. The van der Waals surface area contributed by atoms with Gasteiger partial charge >= 0.3 is 0 Å². The summed E-state index contributed by atoms with van der Waals surface area (Å²) in [6, 6.07) is 28.1. The number of halogens is 1. The number of fused-ring (bicyclic) bond motifs is 1. The lowest BCUT2D eigenvalue weighted by atomic mass is 9.86. The highest BCUT2D eigenvalue weighted by molar-refractivity contribution is 6.30. The number of nitrogens with zero attached hydrogens (tertiary/aromatic N) is 1. The number of carbonyl (C=O) groups excluding carboxylic acids is 2. The van der Waals surface area contributed by atoms with Crippen molar-refractivity contribution in [3.8, 4) is 0 Å². The molecule has 5 rings (SSSR count). The highest BCUT2D eigenvalue weighted by Gasteiger charge is 2.31. The van der Waals surface area contributed by atoms with Crippen molar-refractivity contribution >= 4 is 34.2 Å². The molecular formula is C32H32ClN3O2. The van der Waals surface area contributed by atoms with Gasteiger partial charge in [0.2, 0.25) is 11.8 Å². The molecule has 0 saturated carbocycles. The number of carbonyl (C=O) groups is 2. The van der Waals surface area contributed by atoms with Gasteiger partial charge in [0.15, 0.2) is 0 Å². The molecule has 0 aromatic heterocycles. The van der Waals surface area contributed by atoms with Crippen LogP contribution in [-0.4, -0.2) is 42.4 Å². The fourth-order valence-corrected chi connectivity index (χ4v) is 5.64. The highest BCUT2D eigenvalue weighted by Crippen LogP contribution is 2.29. The molecule has 4 aromatic rings. The number of piperazine rings is 1. The lowest BCUT2D eigenvalue weighted by Gasteiger charge is -2.36. The predicted molar refractivity (Wildman–Crippen MR) is 154 cm³/mol. The summed E-state index contributed by atoms with van der Waals surface area (Å²) in [6.07, 6.45) is 1.35. The Bertz CT molecular complexity index is 1470. The zero-order chi connectivity index (χ0) is 26.6. The summed E-state index contributed by atoms with van der Waals surface area (Å²) in [5.41, 5.74) is 9.95. The predicted octanol–water partition coefficient (Wildman–Crippen LogP) is 5.27. The third kappa shape index (κ3) is 5.74. The Morgan fingerprint density at radius 2 is 1.71 bits per heavy atom. The fraction of sp³-hybridized carbons (Fsp3) is 0.250. The van der Waals surface area contributed by atoms with Crippen LogP contribution in [0, 0.1) is 6.92 Å². The quantitative estimate of drug-likeness (QED) is 0.345. The Balaban J connectivity index is 1.40. The SMILES string of the molecule is Cc1c(C(N)=O)cccc1[C@@H](Cc1ccc(Cl)cc1)C(=O)N1CCN[C@H](Cc2ccc3ccccc3c2)C1. The van der Waals surface area contributed by atoms with E-state index in [4.69, 9.17) is 17.3 Å². The first-order valence-electron chi connectivity index (χ1n) is 13.0. The Morgan fingerprint density at radius 1 is 0.974 bits per heavy atom. The third-order valence-corrected chi connectivity index (χ3v) is 7.78. The van der Waals surface area contributed by atoms with E-state index in [1.165, 1.54) is 16.3 Å². The molecule has 6 heteroatoms. The molecule has 194 valence electrons. The average molecular weight is 526 g/mol. The number of amides is 2. The van der Waals surface area contributed by atoms with Crippen LogP contribution in [-0.2, 0) is 17.6 Å². The van der Waals surface area contributed by atoms with Crippen molar-refractivity contribution < 1.29 is 9.59 Å². The summed E-state index contributed by atoms with van der Waals surface area (Å²) in [6.45, 7) is 3.87. The van der Waals surface area contributed by atoms with Crippen molar-refractivity contribution in [3.05, 3.63) is 118 Å². The van der Waals surface area contributed by atoms with Gasteiger partial charge in [-0.15, -0.1) is 0 Å². The maximum absolute atomic E-state index is 14.1. The molecule has 1 heterocycles. The zero-order valence-corrected chi connectivity index (χ0v) is 22.2. The van der Waals surface area contributed by atoms with Crippen molar-refractivity contribution in [1.29, 1.82) is 0 Å². The highest BCUT2D eigenvalue weighted by atomic mass is 35.5. The van der Waals surface area contributed by atoms with Crippen LogP contribution in [0.25, 0.3) is 10.8 Å². The van der Waals surface area contributed by atoms with Crippen LogP contribution >= 0.6 is 11.6 Å². The van der Waals surface area contributed by atoms with E-state index in [0.29, 0.717) is 30.1 Å². The summed E-state index contributed by atoms with van der Waals surface area (Å²) < 4.78 is 0. The monoisotopic (exact) mass is 525 g/mol. The van der Waals surface area contributed by atoms with Crippen molar-refractivity contribution in [2.45, 2.75) is 31.7 Å². The molecule has 0 radical (unpaired) electrons. The van der Waals surface area contributed by atoms with Gasteiger partial charge in [-0.05, 0) is 71.0 Å². The van der Waals surface area contributed by atoms with Crippen LogP contribution in [0.3, 0.4) is 0 Å². The van der Waals surface area contributed by atoms with E-state index in [1.807, 2.05) is 48.2 Å². The lowest BCUT2D eigenvalue weighted by molar-refractivity contribution is -0.134. The number of hydrogen-bond acceptors (Lipinski definition) is 3. The molecule has 0 bridgehead atoms. The number of benzene rings is 4. The van der Waals surface area contributed by atoms with Gasteiger partial charge in [-0.25, -0.2) is 0 Å². The maximum Gasteiger partial charge on any atom is 0.248 e. The second-order valence-electron chi connectivity index (χ2n) is 10.1. The van der Waals surface area contributed by atoms with Gasteiger partial charge in [0.1, 0.15) is 0 Å². The average Bonchev–Trinajstić information content (AvgIpc) is 2.93. The molecule has 0 spiro atoms. The summed E-state index contributed by atoms with van der Waals surface area (Å²) in [5, 5.41) is 6.70. The van der Waals surface area contributed by atoms with E-state index in [9.17, 15) is 9.59 Å². The summed E-state index contributed by atoms with van der Waals surface area (Å²) in [4.78, 5) is 28.2. The number of nitrogens with two attached hydrogens (primary N) is 1. The van der Waals surface area contributed by atoms with Crippen LogP contribution in [0.4, 0.5) is 0 Å². The molecule has 3 N–H and O–H groups in total. The van der Waals surface area contributed by atoms with E-state index in [0.717, 1.165) is 29.7 Å². The molecule has 1 saturated heterocycles. The van der Waals surface area contributed by atoms with E-state index in [2.05, 4.69) is 47.8 Å². The van der Waals surface area contributed by atoms with Gasteiger partial charge in [-0.3, -0.25) is 9.59 Å². The molecule has 1 aliphatic rings. The maximum atomic E-state index is 14.1. The largest absolute Gasteiger partial charge is 0.366 e. The molecule has 0 unspecified atom stereocenters. The van der Waals surface area contributed by atoms with Crippen molar-refractivity contribution in [3.63, 3.8) is 0 Å². The first kappa shape index (κ1) is 26.0. The van der Waals surface area contributed by atoms with Crippen LogP contribution < -0.4 is 11.1 Å². The molecule has 4 aromatic carbocycles. The Labute approximate surface area is 228 Å². The van der Waals surface area contributed by atoms with E-state index in [-0.39, 0.29) is 11.9 Å². The minimum Gasteiger partial charge on any atom is -0.366 e. The number of rotatable bonds is 7. The smallest absolute Gasteiger partial charge is 0.248 e. The first-order chi connectivity index (χ1) is 18.4. The number of primary amides is 1. The molecule has 0 aliphatic carbocycles. The summed E-state index contributed by atoms with van der Waals surface area (Å²) >= 11 is 6.11. The van der Waals surface area contributed by atoms with Gasteiger partial charge in [-0.1, -0.05) is 78.3 Å². The second-order valence-corrected chi connectivity index (χ2v) is 10.5. The lowest BCUT2D eigenvalue weighted by Crippen LogP contribution is -2.54. The number of hydrogen-bond donors (Lipinski definition) is 2. The third-order valence-electron chi connectivity index (χ3n) is 7.53. The summed E-state index contributed by atoms with van der Waals surface area (Å²) in [5.74, 6) is -0.857. The zero-order valence-electron chi connectivity index (χ0n) is 21.5. The normalized spacial score (nSPS) is 16.4. The number of nitrogens with one attached hydrogen (secondary N) is 1.